The maximum absolute atomic E-state index is 14.6. The molecule has 2 aliphatic rings. The number of aromatic nitrogens is 2. The van der Waals surface area contributed by atoms with Gasteiger partial charge in [0.05, 0.1) is 11.7 Å². The minimum absolute atomic E-state index is 0.278. The Balaban J connectivity index is 1.56. The van der Waals surface area contributed by atoms with E-state index in [1.807, 2.05) is 6.07 Å². The van der Waals surface area contributed by atoms with Crippen molar-refractivity contribution in [1.29, 1.82) is 5.41 Å². The molecule has 0 amide bonds. The summed E-state index contributed by atoms with van der Waals surface area (Å²) in [5.41, 5.74) is 14.6. The molecular formula is C22H31FN8. The number of likely N-dealkylation sites (N-methyl/N-ethyl adjacent to an activating group) is 1. The molecule has 1 aromatic carbocycles. The maximum Gasteiger partial charge on any atom is 0.132 e. The summed E-state index contributed by atoms with van der Waals surface area (Å²) in [7, 11) is 1.77. The number of hydrogen-bond acceptors (Lipinski definition) is 8. The lowest BCUT2D eigenvalue weighted by atomic mass is 9.93. The number of hydrogen-bond donors (Lipinski definition) is 4. The normalized spacial score (nSPS) is 19.3. The Bertz CT molecular complexity index is 924. The van der Waals surface area contributed by atoms with Gasteiger partial charge in [0, 0.05) is 62.7 Å². The molecule has 1 saturated heterocycles. The predicted octanol–water partition coefficient (Wildman–Crippen LogP) is 1.48. The molecule has 2 aromatic rings. The maximum atomic E-state index is 14.6. The van der Waals surface area contributed by atoms with Gasteiger partial charge < -0.3 is 27.1 Å². The minimum Gasteiger partial charge on any atom is -0.398 e. The number of benzene rings is 1. The first-order valence-corrected chi connectivity index (χ1v) is 10.8. The van der Waals surface area contributed by atoms with Crippen LogP contribution in [-0.4, -0.2) is 66.9 Å². The van der Waals surface area contributed by atoms with E-state index < -0.39 is 17.8 Å². The van der Waals surface area contributed by atoms with Crippen molar-refractivity contribution in [2.75, 3.05) is 50.4 Å². The standard InChI is InChI=1S/C22H31FN8/c1-27-12-14(11-24)16-8-17(19(25)9-18(16)23)22(26)20-10-21(29-13-28-20)31-6-4-30(5-7-31)15-2-3-15/h8-11,13-15,22,24,27H,2-7,12,25-26H2,1H3. The van der Waals surface area contributed by atoms with Gasteiger partial charge in [-0.2, -0.15) is 0 Å². The lowest BCUT2D eigenvalue weighted by molar-refractivity contribution is 0.247. The summed E-state index contributed by atoms with van der Waals surface area (Å²) in [4.78, 5) is 13.6. The van der Waals surface area contributed by atoms with Crippen molar-refractivity contribution < 1.29 is 4.39 Å². The summed E-state index contributed by atoms with van der Waals surface area (Å²) in [6.45, 7) is 4.39. The summed E-state index contributed by atoms with van der Waals surface area (Å²) in [6, 6.07) is 5.02. The smallest absolute Gasteiger partial charge is 0.132 e. The minimum atomic E-state index is -0.616. The fourth-order valence-electron chi connectivity index (χ4n) is 4.27. The van der Waals surface area contributed by atoms with Gasteiger partial charge in [-0.25, -0.2) is 14.4 Å². The van der Waals surface area contributed by atoms with Crippen LogP contribution in [0.25, 0.3) is 0 Å². The first-order valence-electron chi connectivity index (χ1n) is 10.8. The molecule has 1 saturated carbocycles. The quantitative estimate of drug-likeness (QED) is 0.373. The van der Waals surface area contributed by atoms with E-state index in [0.29, 0.717) is 23.4 Å². The molecule has 31 heavy (non-hydrogen) atoms. The second kappa shape index (κ2) is 9.25. The van der Waals surface area contributed by atoms with Gasteiger partial charge in [-0.05, 0) is 43.1 Å². The van der Waals surface area contributed by atoms with Crippen molar-refractivity contribution >= 4 is 17.7 Å². The van der Waals surface area contributed by atoms with Gasteiger partial charge in [0.15, 0.2) is 0 Å². The molecule has 9 heteroatoms. The van der Waals surface area contributed by atoms with Crippen LogP contribution in [0.5, 0.6) is 0 Å². The number of rotatable bonds is 8. The highest BCUT2D eigenvalue weighted by atomic mass is 19.1. The van der Waals surface area contributed by atoms with E-state index in [-0.39, 0.29) is 5.69 Å². The van der Waals surface area contributed by atoms with Gasteiger partial charge in [-0.3, -0.25) is 4.90 Å². The molecule has 166 valence electrons. The molecule has 2 fully saturated rings. The zero-order valence-electron chi connectivity index (χ0n) is 17.9. The molecule has 1 aliphatic carbocycles. The molecule has 8 nitrogen and oxygen atoms in total. The molecule has 2 heterocycles. The van der Waals surface area contributed by atoms with Crippen molar-refractivity contribution in [2.24, 2.45) is 5.73 Å². The summed E-state index contributed by atoms with van der Waals surface area (Å²) in [6.07, 6.45) is 5.39. The second-order valence-electron chi connectivity index (χ2n) is 8.37. The lowest BCUT2D eigenvalue weighted by Crippen LogP contribution is -2.47. The Morgan fingerprint density at radius 2 is 1.94 bits per heavy atom. The Labute approximate surface area is 182 Å². The topological polar surface area (TPSA) is 120 Å². The Kier molecular flexibility index (Phi) is 6.45. The van der Waals surface area contributed by atoms with Crippen LogP contribution < -0.4 is 21.7 Å². The highest BCUT2D eigenvalue weighted by Gasteiger charge is 2.31. The third-order valence-corrected chi connectivity index (χ3v) is 6.26. The number of anilines is 2. The average molecular weight is 427 g/mol. The highest BCUT2D eigenvalue weighted by Crippen LogP contribution is 2.31. The lowest BCUT2D eigenvalue weighted by Gasteiger charge is -2.35. The van der Waals surface area contributed by atoms with Crippen molar-refractivity contribution in [3.05, 3.63) is 47.2 Å². The Morgan fingerprint density at radius 1 is 1.19 bits per heavy atom. The number of nitrogens with one attached hydrogen (secondary N) is 2. The highest BCUT2D eigenvalue weighted by molar-refractivity contribution is 5.67. The fourth-order valence-corrected chi connectivity index (χ4v) is 4.27. The number of halogens is 1. The van der Waals surface area contributed by atoms with Gasteiger partial charge in [0.1, 0.15) is 18.0 Å². The van der Waals surface area contributed by atoms with E-state index in [4.69, 9.17) is 16.9 Å². The Morgan fingerprint density at radius 3 is 2.58 bits per heavy atom. The molecule has 0 spiro atoms. The molecular weight excluding hydrogens is 395 g/mol. The second-order valence-corrected chi connectivity index (χ2v) is 8.37. The first-order chi connectivity index (χ1) is 15.0. The zero-order valence-corrected chi connectivity index (χ0v) is 17.9. The van der Waals surface area contributed by atoms with Crippen molar-refractivity contribution in [1.82, 2.24) is 20.2 Å². The SMILES string of the molecule is CNCC(C=N)c1cc(C(N)c2cc(N3CCN(C4CC4)CC3)ncn2)c(N)cc1F. The van der Waals surface area contributed by atoms with Gasteiger partial charge in [0.25, 0.3) is 0 Å². The summed E-state index contributed by atoms with van der Waals surface area (Å²) >= 11 is 0. The third-order valence-electron chi connectivity index (χ3n) is 6.26. The molecule has 0 bridgehead atoms. The van der Waals surface area contributed by atoms with Gasteiger partial charge in [0.2, 0.25) is 0 Å². The number of nitrogens with zero attached hydrogens (tertiary/aromatic N) is 4. The molecule has 2 unspecified atom stereocenters. The average Bonchev–Trinajstić information content (AvgIpc) is 3.63. The molecule has 1 aliphatic heterocycles. The van der Waals surface area contributed by atoms with Crippen LogP contribution in [0.2, 0.25) is 0 Å². The van der Waals surface area contributed by atoms with Crippen LogP contribution >= 0.6 is 0 Å². The van der Waals surface area contributed by atoms with E-state index in [1.165, 1.54) is 31.4 Å². The van der Waals surface area contributed by atoms with Crippen molar-refractivity contribution in [3.8, 4) is 0 Å². The van der Waals surface area contributed by atoms with Crippen molar-refractivity contribution in [3.63, 3.8) is 0 Å². The number of piperazine rings is 1. The van der Waals surface area contributed by atoms with Crippen LogP contribution in [0.4, 0.5) is 15.9 Å². The summed E-state index contributed by atoms with van der Waals surface area (Å²) in [5.74, 6) is 0.0127. The van der Waals surface area contributed by atoms with E-state index in [1.54, 1.807) is 13.1 Å². The van der Waals surface area contributed by atoms with Crippen LogP contribution in [0.3, 0.4) is 0 Å². The van der Waals surface area contributed by atoms with Gasteiger partial charge >= 0.3 is 0 Å². The molecule has 2 atom stereocenters. The largest absolute Gasteiger partial charge is 0.398 e. The van der Waals surface area contributed by atoms with Crippen LogP contribution in [0.15, 0.2) is 24.5 Å². The molecule has 0 radical (unpaired) electrons. The van der Waals surface area contributed by atoms with Crippen LogP contribution in [-0.2, 0) is 0 Å². The number of nitrogens with two attached hydrogens (primary N) is 2. The fraction of sp³-hybridized carbons (Fsp3) is 0.500. The zero-order chi connectivity index (χ0) is 22.0. The predicted molar refractivity (Wildman–Crippen MR) is 121 cm³/mol. The number of nitrogen functional groups attached to an aromatic ring is 1. The first kappa shape index (κ1) is 21.6. The van der Waals surface area contributed by atoms with Crippen LogP contribution in [0, 0.1) is 11.2 Å². The molecule has 4 rings (SSSR count). The van der Waals surface area contributed by atoms with Gasteiger partial charge in [-0.1, -0.05) is 0 Å². The third kappa shape index (κ3) is 4.68. The monoisotopic (exact) mass is 426 g/mol. The van der Waals surface area contributed by atoms with Crippen LogP contribution in [0.1, 0.15) is 41.6 Å². The van der Waals surface area contributed by atoms with E-state index in [9.17, 15) is 4.39 Å². The summed E-state index contributed by atoms with van der Waals surface area (Å²) < 4.78 is 14.6. The van der Waals surface area contributed by atoms with E-state index in [0.717, 1.165) is 38.0 Å². The van der Waals surface area contributed by atoms with Gasteiger partial charge in [-0.15, -0.1) is 0 Å². The molecule has 1 aromatic heterocycles. The summed E-state index contributed by atoms with van der Waals surface area (Å²) in [5, 5.41) is 10.6. The van der Waals surface area contributed by atoms with Crippen molar-refractivity contribution in [2.45, 2.75) is 30.8 Å². The van der Waals surface area contributed by atoms with E-state index in [2.05, 4.69) is 25.1 Å². The molecule has 6 N–H and O–H groups in total. The Hall–Kier alpha value is -2.62. The van der Waals surface area contributed by atoms with E-state index >= 15 is 0 Å².